The molecular formula is C15H17N5O2. The monoisotopic (exact) mass is 299 g/mol. The molecule has 0 aromatic carbocycles. The fraction of sp³-hybridized carbons (Fsp3) is 0.333. The van der Waals surface area contributed by atoms with Crippen LogP contribution in [0.25, 0.3) is 11.0 Å². The lowest BCUT2D eigenvalue weighted by Gasteiger charge is -2.06. The van der Waals surface area contributed by atoms with Crippen LogP contribution >= 0.6 is 0 Å². The number of amides is 1. The summed E-state index contributed by atoms with van der Waals surface area (Å²) < 4.78 is 6.76. The highest BCUT2D eigenvalue weighted by Gasteiger charge is 2.19. The van der Waals surface area contributed by atoms with Crippen molar-refractivity contribution in [2.75, 3.05) is 5.32 Å². The molecule has 0 atom stereocenters. The van der Waals surface area contributed by atoms with Crippen LogP contribution in [0.15, 0.2) is 16.7 Å². The number of pyridine rings is 1. The second-order valence-corrected chi connectivity index (χ2v) is 5.19. The molecular weight excluding hydrogens is 282 g/mol. The third kappa shape index (κ3) is 2.34. The molecule has 0 fully saturated rings. The van der Waals surface area contributed by atoms with E-state index in [2.05, 4.69) is 20.6 Å². The molecule has 0 bridgehead atoms. The third-order valence-electron chi connectivity index (χ3n) is 3.42. The number of carbonyl (C=O) groups is 1. The van der Waals surface area contributed by atoms with Gasteiger partial charge >= 0.3 is 0 Å². The summed E-state index contributed by atoms with van der Waals surface area (Å²) in [4.78, 5) is 17.1. The van der Waals surface area contributed by atoms with E-state index < -0.39 is 0 Å². The molecule has 0 unspecified atom stereocenters. The van der Waals surface area contributed by atoms with Gasteiger partial charge in [0.25, 0.3) is 5.91 Å². The molecule has 3 aromatic heterocycles. The smallest absolute Gasteiger partial charge is 0.257 e. The van der Waals surface area contributed by atoms with Crippen molar-refractivity contribution >= 4 is 22.8 Å². The lowest BCUT2D eigenvalue weighted by atomic mass is 10.1. The fourth-order valence-corrected chi connectivity index (χ4v) is 2.49. The molecule has 0 aliphatic carbocycles. The van der Waals surface area contributed by atoms with Gasteiger partial charge in [0.1, 0.15) is 5.76 Å². The second kappa shape index (κ2) is 5.25. The molecule has 7 heteroatoms. The summed E-state index contributed by atoms with van der Waals surface area (Å²) in [5.41, 5.74) is 2.82. The number of hydrogen-bond acceptors (Lipinski definition) is 5. The Balaban J connectivity index is 2.09. The van der Waals surface area contributed by atoms with Crippen molar-refractivity contribution < 1.29 is 9.32 Å². The summed E-state index contributed by atoms with van der Waals surface area (Å²) in [6.07, 6.45) is 0. The summed E-state index contributed by atoms with van der Waals surface area (Å²) in [6, 6.07) is 3.44. The van der Waals surface area contributed by atoms with Crippen LogP contribution in [0.3, 0.4) is 0 Å². The lowest BCUT2D eigenvalue weighted by Crippen LogP contribution is -2.13. The van der Waals surface area contributed by atoms with Crippen molar-refractivity contribution in [1.82, 2.24) is 19.9 Å². The summed E-state index contributed by atoms with van der Waals surface area (Å²) >= 11 is 0. The van der Waals surface area contributed by atoms with Gasteiger partial charge in [-0.15, -0.1) is 0 Å². The molecule has 7 nitrogen and oxygen atoms in total. The molecule has 3 aromatic rings. The standard InChI is InChI=1S/C15H17N5O2/c1-5-20-14-13(10(4)18-20)11(6-8(2)16-14)15(21)17-12-7-9(3)22-19-12/h6-7H,5H2,1-4H3,(H,17,19,21). The maximum atomic E-state index is 12.6. The minimum Gasteiger partial charge on any atom is -0.360 e. The van der Waals surface area contributed by atoms with Gasteiger partial charge in [-0.2, -0.15) is 5.10 Å². The van der Waals surface area contributed by atoms with E-state index in [4.69, 9.17) is 4.52 Å². The molecule has 3 heterocycles. The Kier molecular flexibility index (Phi) is 3.40. The van der Waals surface area contributed by atoms with Crippen molar-refractivity contribution in [3.05, 3.63) is 34.8 Å². The summed E-state index contributed by atoms with van der Waals surface area (Å²) in [7, 11) is 0. The van der Waals surface area contributed by atoms with Crippen molar-refractivity contribution in [2.24, 2.45) is 0 Å². The summed E-state index contributed by atoms with van der Waals surface area (Å²) in [6.45, 7) is 8.20. The van der Waals surface area contributed by atoms with E-state index in [9.17, 15) is 4.79 Å². The molecule has 0 spiro atoms. The maximum Gasteiger partial charge on any atom is 0.257 e. The third-order valence-corrected chi connectivity index (χ3v) is 3.42. The molecule has 1 amide bonds. The van der Waals surface area contributed by atoms with E-state index in [1.807, 2.05) is 20.8 Å². The van der Waals surface area contributed by atoms with Crippen molar-refractivity contribution in [3.63, 3.8) is 0 Å². The Morgan fingerprint density at radius 3 is 2.73 bits per heavy atom. The quantitative estimate of drug-likeness (QED) is 0.803. The van der Waals surface area contributed by atoms with Crippen LogP contribution in [0.1, 0.15) is 34.4 Å². The highest BCUT2D eigenvalue weighted by molar-refractivity contribution is 6.12. The van der Waals surface area contributed by atoms with Crippen LogP contribution in [0, 0.1) is 20.8 Å². The van der Waals surface area contributed by atoms with Crippen LogP contribution in [0.4, 0.5) is 5.82 Å². The average Bonchev–Trinajstić information content (AvgIpc) is 3.01. The Morgan fingerprint density at radius 1 is 1.32 bits per heavy atom. The van der Waals surface area contributed by atoms with E-state index in [-0.39, 0.29) is 5.91 Å². The minimum atomic E-state index is -0.248. The van der Waals surface area contributed by atoms with Gasteiger partial charge < -0.3 is 9.84 Å². The number of hydrogen-bond donors (Lipinski definition) is 1. The SMILES string of the molecule is CCn1nc(C)c2c(C(=O)Nc3cc(C)on3)cc(C)nc21. The van der Waals surface area contributed by atoms with Gasteiger partial charge in [-0.05, 0) is 33.8 Å². The van der Waals surface area contributed by atoms with E-state index in [1.54, 1.807) is 23.7 Å². The Bertz CT molecular complexity index is 862. The van der Waals surface area contributed by atoms with Crippen LogP contribution < -0.4 is 5.32 Å². The van der Waals surface area contributed by atoms with E-state index in [1.165, 1.54) is 0 Å². The number of aromatic nitrogens is 4. The van der Waals surface area contributed by atoms with Gasteiger partial charge in [-0.3, -0.25) is 4.79 Å². The van der Waals surface area contributed by atoms with E-state index >= 15 is 0 Å². The molecule has 114 valence electrons. The molecule has 1 N–H and O–H groups in total. The number of rotatable bonds is 3. The Morgan fingerprint density at radius 2 is 2.09 bits per heavy atom. The summed E-state index contributed by atoms with van der Waals surface area (Å²) in [5.74, 6) is 0.787. The predicted octanol–water partition coefficient (Wildman–Crippen LogP) is 2.62. The van der Waals surface area contributed by atoms with Gasteiger partial charge in [-0.1, -0.05) is 5.16 Å². The van der Waals surface area contributed by atoms with Gasteiger partial charge in [0.05, 0.1) is 16.6 Å². The van der Waals surface area contributed by atoms with Gasteiger partial charge in [0.15, 0.2) is 11.5 Å². The topological polar surface area (TPSA) is 85.8 Å². The number of anilines is 1. The Hall–Kier alpha value is -2.70. The molecule has 22 heavy (non-hydrogen) atoms. The van der Waals surface area contributed by atoms with Gasteiger partial charge in [-0.25, -0.2) is 9.67 Å². The van der Waals surface area contributed by atoms with Gasteiger partial charge in [0, 0.05) is 18.3 Å². The van der Waals surface area contributed by atoms with Crippen LogP contribution in [-0.2, 0) is 6.54 Å². The molecule has 0 radical (unpaired) electrons. The van der Waals surface area contributed by atoms with Crippen LogP contribution in [-0.4, -0.2) is 25.8 Å². The van der Waals surface area contributed by atoms with Crippen molar-refractivity contribution in [2.45, 2.75) is 34.2 Å². The first-order chi connectivity index (χ1) is 10.5. The first kappa shape index (κ1) is 14.2. The zero-order chi connectivity index (χ0) is 15.9. The highest BCUT2D eigenvalue weighted by Crippen LogP contribution is 2.23. The maximum absolute atomic E-state index is 12.6. The zero-order valence-corrected chi connectivity index (χ0v) is 13.0. The van der Waals surface area contributed by atoms with Crippen molar-refractivity contribution in [1.29, 1.82) is 0 Å². The van der Waals surface area contributed by atoms with Crippen LogP contribution in [0.2, 0.25) is 0 Å². The molecule has 3 rings (SSSR count). The summed E-state index contributed by atoms with van der Waals surface area (Å²) in [5, 5.41) is 11.7. The predicted molar refractivity (Wildman–Crippen MR) is 81.9 cm³/mol. The normalized spacial score (nSPS) is 11.1. The number of aryl methyl sites for hydroxylation is 4. The van der Waals surface area contributed by atoms with Crippen molar-refractivity contribution in [3.8, 4) is 0 Å². The van der Waals surface area contributed by atoms with Crippen LogP contribution in [0.5, 0.6) is 0 Å². The zero-order valence-electron chi connectivity index (χ0n) is 13.0. The largest absolute Gasteiger partial charge is 0.360 e. The number of nitrogens with zero attached hydrogens (tertiary/aromatic N) is 4. The lowest BCUT2D eigenvalue weighted by molar-refractivity contribution is 0.102. The molecule has 0 saturated carbocycles. The average molecular weight is 299 g/mol. The van der Waals surface area contributed by atoms with E-state index in [0.29, 0.717) is 23.7 Å². The second-order valence-electron chi connectivity index (χ2n) is 5.19. The number of nitrogens with one attached hydrogen (secondary N) is 1. The number of carbonyl (C=O) groups excluding carboxylic acids is 1. The first-order valence-corrected chi connectivity index (χ1v) is 7.09. The number of fused-ring (bicyclic) bond motifs is 1. The van der Waals surface area contributed by atoms with E-state index in [0.717, 1.165) is 22.4 Å². The molecule has 0 aliphatic heterocycles. The minimum absolute atomic E-state index is 0.248. The highest BCUT2D eigenvalue weighted by atomic mass is 16.5. The Labute approximate surface area is 127 Å². The fourth-order valence-electron chi connectivity index (χ4n) is 2.49. The molecule has 0 aliphatic rings. The first-order valence-electron chi connectivity index (χ1n) is 7.09. The van der Waals surface area contributed by atoms with Gasteiger partial charge in [0.2, 0.25) is 0 Å². The molecule has 0 saturated heterocycles.